The molecule has 0 aromatic carbocycles. The summed E-state index contributed by atoms with van der Waals surface area (Å²) in [6, 6.07) is 0. The van der Waals surface area contributed by atoms with Crippen molar-refractivity contribution in [1.29, 1.82) is 5.41 Å². The second kappa shape index (κ2) is 6.94. The van der Waals surface area contributed by atoms with Crippen LogP contribution < -0.4 is 5.49 Å². The van der Waals surface area contributed by atoms with Crippen molar-refractivity contribution < 1.29 is 0 Å². The van der Waals surface area contributed by atoms with Crippen molar-refractivity contribution in [1.82, 2.24) is 9.55 Å². The van der Waals surface area contributed by atoms with E-state index in [4.69, 9.17) is 5.41 Å². The second-order valence-electron chi connectivity index (χ2n) is 4.05. The van der Waals surface area contributed by atoms with Crippen LogP contribution in [-0.4, -0.2) is 9.55 Å². The molecular weight excluding hydrogens is 222 g/mol. The quantitative estimate of drug-likeness (QED) is 0.852. The lowest BCUT2D eigenvalue weighted by Gasteiger charge is -2.13. The molecule has 3 nitrogen and oxygen atoms in total. The van der Waals surface area contributed by atoms with Crippen LogP contribution in [0.2, 0.25) is 0 Å². The molecule has 0 atom stereocenters. The highest BCUT2D eigenvalue weighted by Gasteiger charge is 2.12. The summed E-state index contributed by atoms with van der Waals surface area (Å²) in [5, 5.41) is 8.17. The van der Waals surface area contributed by atoms with Gasteiger partial charge in [0, 0.05) is 18.5 Å². The van der Waals surface area contributed by atoms with Crippen molar-refractivity contribution in [3.05, 3.63) is 35.7 Å². The van der Waals surface area contributed by atoms with Gasteiger partial charge in [0.15, 0.2) is 0 Å². The van der Waals surface area contributed by atoms with E-state index in [9.17, 15) is 0 Å². The molecule has 0 bridgehead atoms. The maximum Gasteiger partial charge on any atom is 0.135 e. The molecule has 3 heteroatoms. The van der Waals surface area contributed by atoms with Crippen LogP contribution in [0.4, 0.5) is 0 Å². The van der Waals surface area contributed by atoms with E-state index in [-0.39, 0.29) is 0 Å². The third kappa shape index (κ3) is 2.78. The van der Waals surface area contributed by atoms with E-state index in [0.29, 0.717) is 5.49 Å². The fourth-order valence-electron chi connectivity index (χ4n) is 2.17. The summed E-state index contributed by atoms with van der Waals surface area (Å²) in [6.45, 7) is 12.4. The van der Waals surface area contributed by atoms with Crippen LogP contribution in [0, 0.1) is 5.41 Å². The van der Waals surface area contributed by atoms with E-state index in [1.54, 1.807) is 12.2 Å². The summed E-state index contributed by atoms with van der Waals surface area (Å²) in [5.74, 6) is 1.02. The first-order valence-corrected chi connectivity index (χ1v) is 6.71. The lowest BCUT2D eigenvalue weighted by molar-refractivity contribution is 0.594. The van der Waals surface area contributed by atoms with Crippen molar-refractivity contribution in [2.75, 3.05) is 0 Å². The van der Waals surface area contributed by atoms with E-state index in [1.165, 1.54) is 6.42 Å². The standard InChI is InChI=1S/C13H17N3.C2H6/c1-3-10-11(4-2)15-12-8-6-5-7-9-16(12)13(10)14;1-2/h3-4,14H,1-2,5-9H2;1-2H3. The largest absolute Gasteiger partial charge is 0.314 e. The number of nitrogens with one attached hydrogen (secondary N) is 1. The zero-order chi connectivity index (χ0) is 13.5. The van der Waals surface area contributed by atoms with Crippen molar-refractivity contribution in [2.45, 2.75) is 46.1 Å². The first-order chi connectivity index (χ1) is 8.77. The summed E-state index contributed by atoms with van der Waals surface area (Å²) in [4.78, 5) is 4.58. The van der Waals surface area contributed by atoms with Gasteiger partial charge in [-0.2, -0.15) is 0 Å². The Hall–Kier alpha value is -1.64. The molecule has 1 aromatic rings. The highest BCUT2D eigenvalue weighted by molar-refractivity contribution is 5.59. The fraction of sp³-hybridized carbons (Fsp3) is 0.467. The zero-order valence-electron chi connectivity index (χ0n) is 11.5. The summed E-state index contributed by atoms with van der Waals surface area (Å²) < 4.78 is 2.01. The Morgan fingerprint density at radius 2 is 1.89 bits per heavy atom. The molecule has 0 saturated carbocycles. The average molecular weight is 245 g/mol. The minimum Gasteiger partial charge on any atom is -0.314 e. The molecule has 2 heterocycles. The van der Waals surface area contributed by atoms with Gasteiger partial charge in [-0.1, -0.05) is 39.5 Å². The molecule has 0 fully saturated rings. The van der Waals surface area contributed by atoms with Crippen molar-refractivity contribution >= 4 is 12.2 Å². The number of hydrogen-bond donors (Lipinski definition) is 1. The van der Waals surface area contributed by atoms with Crippen LogP contribution in [0.3, 0.4) is 0 Å². The molecule has 0 spiro atoms. The molecule has 0 aliphatic carbocycles. The van der Waals surface area contributed by atoms with Gasteiger partial charge in [0.05, 0.1) is 5.69 Å². The molecule has 1 aromatic heterocycles. The third-order valence-corrected chi connectivity index (χ3v) is 3.04. The van der Waals surface area contributed by atoms with E-state index in [2.05, 4.69) is 18.1 Å². The number of rotatable bonds is 2. The minimum atomic E-state index is 0.525. The Morgan fingerprint density at radius 1 is 1.17 bits per heavy atom. The van der Waals surface area contributed by atoms with Gasteiger partial charge in [-0.25, -0.2) is 4.98 Å². The molecule has 1 aliphatic heterocycles. The van der Waals surface area contributed by atoms with Gasteiger partial charge >= 0.3 is 0 Å². The number of aromatic nitrogens is 2. The Labute approximate surface area is 109 Å². The van der Waals surface area contributed by atoms with E-state index < -0.39 is 0 Å². The number of fused-ring (bicyclic) bond motifs is 1. The monoisotopic (exact) mass is 245 g/mol. The maximum atomic E-state index is 8.17. The molecule has 0 saturated heterocycles. The molecule has 0 amide bonds. The van der Waals surface area contributed by atoms with Crippen molar-refractivity contribution in [3.63, 3.8) is 0 Å². The SMILES string of the molecule is C=Cc1nc2n(c(=N)c1C=C)CCCCC2.CC. The van der Waals surface area contributed by atoms with Crippen LogP contribution in [0.15, 0.2) is 13.2 Å². The minimum absolute atomic E-state index is 0.525. The summed E-state index contributed by atoms with van der Waals surface area (Å²) in [7, 11) is 0. The first kappa shape index (κ1) is 14.4. The zero-order valence-corrected chi connectivity index (χ0v) is 11.5. The topological polar surface area (TPSA) is 41.7 Å². The number of hydrogen-bond acceptors (Lipinski definition) is 2. The smallest absolute Gasteiger partial charge is 0.135 e. The lowest BCUT2D eigenvalue weighted by atomic mass is 10.2. The molecule has 1 N–H and O–H groups in total. The van der Waals surface area contributed by atoms with E-state index in [1.807, 2.05) is 18.4 Å². The van der Waals surface area contributed by atoms with Crippen LogP contribution in [-0.2, 0) is 13.0 Å². The normalized spacial score (nSPS) is 13.7. The summed E-state index contributed by atoms with van der Waals surface area (Å²) in [6.07, 6.45) is 7.89. The highest BCUT2D eigenvalue weighted by atomic mass is 15.1. The van der Waals surface area contributed by atoms with Crippen LogP contribution in [0.25, 0.3) is 12.2 Å². The average Bonchev–Trinajstić information content (AvgIpc) is 2.66. The lowest BCUT2D eigenvalue weighted by Crippen LogP contribution is -2.27. The summed E-state index contributed by atoms with van der Waals surface area (Å²) in [5.41, 5.74) is 2.10. The first-order valence-electron chi connectivity index (χ1n) is 6.71. The fourth-order valence-corrected chi connectivity index (χ4v) is 2.17. The van der Waals surface area contributed by atoms with Gasteiger partial charge in [-0.3, -0.25) is 5.41 Å². The van der Waals surface area contributed by atoms with E-state index >= 15 is 0 Å². The Kier molecular flexibility index (Phi) is 5.56. The molecular formula is C15H23N3. The van der Waals surface area contributed by atoms with Crippen LogP contribution in [0.1, 0.15) is 50.2 Å². The predicted octanol–water partition coefficient (Wildman–Crippen LogP) is 3.40. The van der Waals surface area contributed by atoms with Crippen LogP contribution in [0.5, 0.6) is 0 Å². The van der Waals surface area contributed by atoms with Gasteiger partial charge in [-0.15, -0.1) is 0 Å². The third-order valence-electron chi connectivity index (χ3n) is 3.04. The Balaban J connectivity index is 0.000000771. The molecule has 0 radical (unpaired) electrons. The van der Waals surface area contributed by atoms with Gasteiger partial charge < -0.3 is 4.57 Å². The second-order valence-corrected chi connectivity index (χ2v) is 4.05. The maximum absolute atomic E-state index is 8.17. The number of aryl methyl sites for hydroxylation is 1. The Morgan fingerprint density at radius 3 is 2.50 bits per heavy atom. The Bertz CT molecular complexity index is 483. The van der Waals surface area contributed by atoms with Crippen LogP contribution >= 0.6 is 0 Å². The van der Waals surface area contributed by atoms with Crippen molar-refractivity contribution in [2.24, 2.45) is 0 Å². The van der Waals surface area contributed by atoms with Gasteiger partial charge in [0.1, 0.15) is 11.3 Å². The summed E-state index contributed by atoms with van der Waals surface area (Å²) >= 11 is 0. The molecule has 98 valence electrons. The number of nitrogens with zero attached hydrogens (tertiary/aromatic N) is 2. The van der Waals surface area contributed by atoms with Crippen molar-refractivity contribution in [3.8, 4) is 0 Å². The predicted molar refractivity (Wildman–Crippen MR) is 77.2 cm³/mol. The molecule has 18 heavy (non-hydrogen) atoms. The van der Waals surface area contributed by atoms with Gasteiger partial charge in [-0.05, 0) is 18.9 Å². The highest BCUT2D eigenvalue weighted by Crippen LogP contribution is 2.13. The van der Waals surface area contributed by atoms with E-state index in [0.717, 1.165) is 42.9 Å². The van der Waals surface area contributed by atoms with Gasteiger partial charge in [0.2, 0.25) is 0 Å². The molecule has 0 unspecified atom stereocenters. The molecule has 1 aliphatic rings. The molecule has 2 rings (SSSR count). The van der Waals surface area contributed by atoms with Gasteiger partial charge in [0.25, 0.3) is 0 Å².